The number of hydrogen-bond acceptors (Lipinski definition) is 6. The number of nitrogens with zero attached hydrogens (tertiary/aromatic N) is 2. The normalized spacial score (nSPS) is 10.8. The smallest absolute Gasteiger partial charge is 0.408 e. The molecule has 0 fully saturated rings. The van der Waals surface area contributed by atoms with Crippen LogP contribution in [0.2, 0.25) is 0 Å². The summed E-state index contributed by atoms with van der Waals surface area (Å²) in [7, 11) is 0. The third-order valence-electron chi connectivity index (χ3n) is 4.11. The van der Waals surface area contributed by atoms with Crippen molar-refractivity contribution in [3.8, 4) is 0 Å². The third-order valence-corrected chi connectivity index (χ3v) is 4.11. The second kappa shape index (κ2) is 13.4. The van der Waals surface area contributed by atoms with Gasteiger partial charge in [-0.25, -0.2) is 4.79 Å². The molecule has 32 heavy (non-hydrogen) atoms. The van der Waals surface area contributed by atoms with Crippen molar-refractivity contribution in [3.05, 3.63) is 70.3 Å². The lowest BCUT2D eigenvalue weighted by molar-refractivity contribution is -0.384. The molecule has 2 aromatic rings. The highest BCUT2D eigenvalue weighted by molar-refractivity contribution is 5.96. The first-order valence-electron chi connectivity index (χ1n) is 9.43. The van der Waals surface area contributed by atoms with Crippen molar-refractivity contribution in [1.29, 1.82) is 0 Å². The van der Waals surface area contributed by atoms with Crippen molar-refractivity contribution in [2.75, 3.05) is 11.9 Å². The maximum absolute atomic E-state index is 12.7. The van der Waals surface area contributed by atoms with Gasteiger partial charge < -0.3 is 26.8 Å². The molecule has 0 aromatic heterocycles. The molecule has 0 heterocycles. The molecule has 0 aliphatic rings. The molecule has 0 saturated carbocycles. The Morgan fingerprint density at radius 1 is 1.09 bits per heavy atom. The van der Waals surface area contributed by atoms with Crippen molar-refractivity contribution >= 4 is 41.7 Å². The van der Waals surface area contributed by atoms with Gasteiger partial charge in [0.05, 0.1) is 4.92 Å². The van der Waals surface area contributed by atoms with Gasteiger partial charge >= 0.3 is 6.09 Å². The van der Waals surface area contributed by atoms with Crippen molar-refractivity contribution in [2.24, 2.45) is 16.5 Å². The molecular weight excluding hydrogens is 440 g/mol. The highest BCUT2D eigenvalue weighted by atomic mass is 35.5. The molecule has 2 amide bonds. The Hall–Kier alpha value is -3.86. The molecule has 12 heteroatoms. The fraction of sp³-hybridized carbons (Fsp3) is 0.250. The third kappa shape index (κ3) is 9.30. The van der Waals surface area contributed by atoms with Crippen LogP contribution in [0.1, 0.15) is 18.4 Å². The maximum Gasteiger partial charge on any atom is 0.408 e. The number of anilines is 1. The first kappa shape index (κ1) is 26.2. The van der Waals surface area contributed by atoms with E-state index in [4.69, 9.17) is 16.2 Å². The van der Waals surface area contributed by atoms with E-state index in [0.29, 0.717) is 12.1 Å². The van der Waals surface area contributed by atoms with Crippen molar-refractivity contribution in [3.63, 3.8) is 0 Å². The fourth-order valence-corrected chi connectivity index (χ4v) is 2.58. The number of benzene rings is 2. The number of non-ortho nitro benzene ring substituents is 1. The van der Waals surface area contributed by atoms with Crippen LogP contribution < -0.4 is 22.1 Å². The van der Waals surface area contributed by atoms with E-state index in [1.54, 1.807) is 12.1 Å². The minimum absolute atomic E-state index is 0. The molecule has 11 nitrogen and oxygen atoms in total. The second-order valence-corrected chi connectivity index (χ2v) is 6.50. The topological polar surface area (TPSA) is 175 Å². The lowest BCUT2D eigenvalue weighted by Crippen LogP contribution is -2.44. The Labute approximate surface area is 190 Å². The van der Waals surface area contributed by atoms with E-state index in [9.17, 15) is 19.7 Å². The summed E-state index contributed by atoms with van der Waals surface area (Å²) >= 11 is 0. The number of carbonyl (C=O) groups is 2. The summed E-state index contributed by atoms with van der Waals surface area (Å²) in [4.78, 5) is 38.9. The van der Waals surface area contributed by atoms with Gasteiger partial charge in [-0.15, -0.1) is 12.4 Å². The molecule has 2 rings (SSSR count). The van der Waals surface area contributed by atoms with Gasteiger partial charge in [-0.1, -0.05) is 30.3 Å². The summed E-state index contributed by atoms with van der Waals surface area (Å²) < 4.78 is 5.17. The Bertz CT molecular complexity index is 920. The van der Waals surface area contributed by atoms with Gasteiger partial charge in [0.15, 0.2) is 5.96 Å². The monoisotopic (exact) mass is 464 g/mol. The summed E-state index contributed by atoms with van der Waals surface area (Å²) in [5.41, 5.74) is 11.6. The molecule has 6 N–H and O–H groups in total. The Morgan fingerprint density at radius 2 is 1.75 bits per heavy atom. The standard InChI is InChI=1S/C20H24N6O5.ClH/c21-19(22)23-12-4-7-17(25-20(28)31-13-14-5-2-1-3-6-14)18(27)24-15-8-10-16(11-9-15)26(29)30;/h1-3,5-6,8-11,17H,4,7,12-13H2,(H,24,27)(H,25,28)(H4,21,22,23);1H/t17-;/m1./s1. The predicted octanol–water partition coefficient (Wildman–Crippen LogP) is 2.30. The zero-order valence-corrected chi connectivity index (χ0v) is 17.9. The summed E-state index contributed by atoms with van der Waals surface area (Å²) in [6.07, 6.45) is -0.0832. The number of amides is 2. The number of nitro benzene ring substituents is 1. The molecule has 0 bridgehead atoms. The average molecular weight is 465 g/mol. The Morgan fingerprint density at radius 3 is 2.34 bits per heavy atom. The van der Waals surface area contributed by atoms with E-state index in [1.807, 2.05) is 18.2 Å². The minimum atomic E-state index is -0.923. The van der Waals surface area contributed by atoms with Gasteiger partial charge in [0.1, 0.15) is 12.6 Å². The summed E-state index contributed by atoms with van der Waals surface area (Å²) in [5, 5.41) is 15.9. The molecule has 0 aliphatic carbocycles. The first-order valence-corrected chi connectivity index (χ1v) is 9.43. The number of nitrogens with two attached hydrogens (primary N) is 2. The van der Waals surface area contributed by atoms with Gasteiger partial charge in [-0.2, -0.15) is 0 Å². The van der Waals surface area contributed by atoms with Crippen LogP contribution in [0.4, 0.5) is 16.2 Å². The number of hydrogen-bond donors (Lipinski definition) is 4. The van der Waals surface area contributed by atoms with Crippen molar-refractivity contribution < 1.29 is 19.2 Å². The number of nitrogens with one attached hydrogen (secondary N) is 2. The highest BCUT2D eigenvalue weighted by Crippen LogP contribution is 2.16. The zero-order chi connectivity index (χ0) is 22.6. The van der Waals surface area contributed by atoms with E-state index in [-0.39, 0.29) is 43.6 Å². The molecule has 0 aliphatic heterocycles. The lowest BCUT2D eigenvalue weighted by atomic mass is 10.1. The van der Waals surface area contributed by atoms with E-state index in [0.717, 1.165) is 5.56 Å². The highest BCUT2D eigenvalue weighted by Gasteiger charge is 2.21. The number of alkyl carbamates (subject to hydrolysis) is 1. The van der Waals surface area contributed by atoms with Crippen LogP contribution in [0.3, 0.4) is 0 Å². The molecule has 1 atom stereocenters. The van der Waals surface area contributed by atoms with Gasteiger partial charge in [0.2, 0.25) is 5.91 Å². The molecular formula is C20H25ClN6O5. The number of halogens is 1. The fourth-order valence-electron chi connectivity index (χ4n) is 2.58. The quantitative estimate of drug-likeness (QED) is 0.137. The Kier molecular flexibility index (Phi) is 11.0. The number of nitro groups is 1. The molecule has 2 aromatic carbocycles. The number of carbonyl (C=O) groups excluding carboxylic acids is 2. The summed E-state index contributed by atoms with van der Waals surface area (Å²) in [6.45, 7) is 0.335. The zero-order valence-electron chi connectivity index (χ0n) is 17.1. The van der Waals surface area contributed by atoms with Gasteiger partial charge in [0.25, 0.3) is 5.69 Å². The number of rotatable bonds is 10. The molecule has 172 valence electrons. The van der Waals surface area contributed by atoms with Crippen LogP contribution in [-0.4, -0.2) is 35.5 Å². The van der Waals surface area contributed by atoms with E-state index in [1.165, 1.54) is 24.3 Å². The largest absolute Gasteiger partial charge is 0.445 e. The second-order valence-electron chi connectivity index (χ2n) is 6.50. The maximum atomic E-state index is 12.7. The number of aliphatic imine (C=N–C) groups is 1. The van der Waals surface area contributed by atoms with Gasteiger partial charge in [0, 0.05) is 24.4 Å². The van der Waals surface area contributed by atoms with Gasteiger partial charge in [-0.3, -0.25) is 19.9 Å². The van der Waals surface area contributed by atoms with E-state index >= 15 is 0 Å². The number of ether oxygens (including phenoxy) is 1. The summed E-state index contributed by atoms with van der Waals surface area (Å²) in [6, 6.07) is 13.5. The van der Waals surface area contributed by atoms with Crippen molar-refractivity contribution in [1.82, 2.24) is 5.32 Å². The molecule has 0 unspecified atom stereocenters. The summed E-state index contributed by atoms with van der Waals surface area (Å²) in [5.74, 6) is -0.572. The molecule has 0 radical (unpaired) electrons. The number of guanidine groups is 1. The van der Waals surface area contributed by atoms with Crippen LogP contribution in [0.25, 0.3) is 0 Å². The predicted molar refractivity (Wildman–Crippen MR) is 122 cm³/mol. The van der Waals surface area contributed by atoms with Crippen LogP contribution >= 0.6 is 12.4 Å². The van der Waals surface area contributed by atoms with Crippen LogP contribution in [0, 0.1) is 10.1 Å². The molecule has 0 spiro atoms. The average Bonchev–Trinajstić information content (AvgIpc) is 2.75. The van der Waals surface area contributed by atoms with Crippen LogP contribution in [0.15, 0.2) is 59.6 Å². The van der Waals surface area contributed by atoms with Crippen LogP contribution in [-0.2, 0) is 16.1 Å². The SMILES string of the molecule is Cl.NC(N)=NCCC[C@@H](NC(=O)OCc1ccccc1)C(=O)Nc1ccc([N+](=O)[O-])cc1. The van der Waals surface area contributed by atoms with Crippen molar-refractivity contribution in [2.45, 2.75) is 25.5 Å². The first-order chi connectivity index (χ1) is 14.8. The molecule has 0 saturated heterocycles. The van der Waals surface area contributed by atoms with E-state index < -0.39 is 23.0 Å². The van der Waals surface area contributed by atoms with Gasteiger partial charge in [-0.05, 0) is 30.5 Å². The van der Waals surface area contributed by atoms with Crippen LogP contribution in [0.5, 0.6) is 0 Å². The lowest BCUT2D eigenvalue weighted by Gasteiger charge is -2.18. The van der Waals surface area contributed by atoms with E-state index in [2.05, 4.69) is 15.6 Å². The minimum Gasteiger partial charge on any atom is -0.445 e. The Balaban J connectivity index is 0.00000512.